The minimum Gasteiger partial charge on any atom is -0.351 e. The molecule has 0 aromatic carbocycles. The number of amides is 1. The molecule has 106 valence electrons. The average Bonchev–Trinajstić information content (AvgIpc) is 3.11. The molecule has 1 unspecified atom stereocenters. The number of carbonyl (C=O) groups is 1. The molecule has 0 aromatic rings. The number of nitrogens with one attached hydrogen (secondary N) is 1. The number of nitrogens with two attached hydrogens (primary N) is 1. The maximum atomic E-state index is 11.7. The third-order valence-electron chi connectivity index (χ3n) is 4.35. The minimum atomic E-state index is -0.253. The summed E-state index contributed by atoms with van der Waals surface area (Å²) in [5, 5.41) is 12.0. The molecule has 3 N–H and O–H groups in total. The van der Waals surface area contributed by atoms with Gasteiger partial charge in [0.05, 0.1) is 12.1 Å². The fourth-order valence-electron chi connectivity index (χ4n) is 3.30. The first-order valence-corrected chi connectivity index (χ1v) is 6.96. The summed E-state index contributed by atoms with van der Waals surface area (Å²) < 4.78 is 0. The number of allylic oxidation sites excluding steroid dienone is 1. The zero-order valence-electron chi connectivity index (χ0n) is 11.4. The van der Waals surface area contributed by atoms with Gasteiger partial charge in [-0.3, -0.25) is 9.69 Å². The van der Waals surface area contributed by atoms with Crippen LogP contribution in [-0.4, -0.2) is 53.5 Å². The molecule has 3 heterocycles. The third-order valence-corrected chi connectivity index (χ3v) is 4.35. The maximum absolute atomic E-state index is 11.7. The SMILES string of the molecule is C=C([C@@H](N)CN1CC2C[C@H]1C(=O)N2)N1CCC=C1C#N. The van der Waals surface area contributed by atoms with Crippen LogP contribution in [0.3, 0.4) is 0 Å². The molecule has 3 aliphatic rings. The van der Waals surface area contributed by atoms with Crippen LogP contribution in [0.25, 0.3) is 0 Å². The van der Waals surface area contributed by atoms with Gasteiger partial charge < -0.3 is 16.0 Å². The lowest BCUT2D eigenvalue weighted by Crippen LogP contribution is -2.52. The van der Waals surface area contributed by atoms with Crippen molar-refractivity contribution in [1.29, 1.82) is 5.26 Å². The Morgan fingerprint density at radius 3 is 3.15 bits per heavy atom. The quantitative estimate of drug-likeness (QED) is 0.722. The Morgan fingerprint density at radius 2 is 2.50 bits per heavy atom. The highest BCUT2D eigenvalue weighted by molar-refractivity contribution is 5.85. The van der Waals surface area contributed by atoms with Gasteiger partial charge in [0, 0.05) is 31.4 Å². The van der Waals surface area contributed by atoms with Crippen molar-refractivity contribution in [2.24, 2.45) is 5.73 Å². The highest BCUT2D eigenvalue weighted by Crippen LogP contribution is 2.26. The van der Waals surface area contributed by atoms with Gasteiger partial charge in [-0.2, -0.15) is 5.26 Å². The van der Waals surface area contributed by atoms with E-state index >= 15 is 0 Å². The summed E-state index contributed by atoms with van der Waals surface area (Å²) in [5.74, 6) is 0.109. The first-order valence-electron chi connectivity index (χ1n) is 6.96. The number of fused-ring (bicyclic) bond motifs is 2. The predicted molar refractivity (Wildman–Crippen MR) is 74.0 cm³/mol. The van der Waals surface area contributed by atoms with Crippen LogP contribution in [-0.2, 0) is 4.79 Å². The molecular formula is C14H19N5O. The van der Waals surface area contributed by atoms with Crippen molar-refractivity contribution in [3.05, 3.63) is 24.0 Å². The van der Waals surface area contributed by atoms with Crippen LogP contribution in [0.5, 0.6) is 0 Å². The molecular weight excluding hydrogens is 254 g/mol. The molecule has 6 nitrogen and oxygen atoms in total. The lowest BCUT2D eigenvalue weighted by atomic mass is 10.1. The van der Waals surface area contributed by atoms with Crippen LogP contribution in [0.4, 0.5) is 0 Å². The first kappa shape index (κ1) is 13.2. The Labute approximate surface area is 118 Å². The van der Waals surface area contributed by atoms with Crippen molar-refractivity contribution in [2.45, 2.75) is 31.0 Å². The fourth-order valence-corrected chi connectivity index (χ4v) is 3.30. The van der Waals surface area contributed by atoms with Gasteiger partial charge in [0.1, 0.15) is 11.8 Å². The van der Waals surface area contributed by atoms with Crippen LogP contribution >= 0.6 is 0 Å². The summed E-state index contributed by atoms with van der Waals surface area (Å²) in [6.45, 7) is 6.28. The molecule has 0 aromatic heterocycles. The second-order valence-corrected chi connectivity index (χ2v) is 5.65. The molecule has 0 spiro atoms. The lowest BCUT2D eigenvalue weighted by molar-refractivity contribution is -0.125. The second-order valence-electron chi connectivity index (χ2n) is 5.65. The zero-order valence-corrected chi connectivity index (χ0v) is 11.4. The van der Waals surface area contributed by atoms with E-state index in [1.165, 1.54) is 0 Å². The molecule has 3 rings (SSSR count). The largest absolute Gasteiger partial charge is 0.351 e. The number of likely N-dealkylation sites (tertiary alicyclic amines) is 1. The molecule has 0 aliphatic carbocycles. The molecule has 20 heavy (non-hydrogen) atoms. The number of hydrogen-bond acceptors (Lipinski definition) is 5. The molecule has 0 saturated carbocycles. The molecule has 3 atom stereocenters. The molecule has 2 bridgehead atoms. The van der Waals surface area contributed by atoms with Crippen molar-refractivity contribution < 1.29 is 4.79 Å². The number of nitrogens with zero attached hydrogens (tertiary/aromatic N) is 3. The molecule has 2 fully saturated rings. The Morgan fingerprint density at radius 1 is 1.70 bits per heavy atom. The summed E-state index contributed by atoms with van der Waals surface area (Å²) in [6.07, 6.45) is 3.64. The van der Waals surface area contributed by atoms with E-state index in [9.17, 15) is 4.79 Å². The minimum absolute atomic E-state index is 0.0385. The normalized spacial score (nSPS) is 30.1. The number of carbonyl (C=O) groups excluding carboxylic acids is 1. The van der Waals surface area contributed by atoms with Gasteiger partial charge in [0.15, 0.2) is 0 Å². The van der Waals surface area contributed by atoms with Crippen molar-refractivity contribution in [3.8, 4) is 6.07 Å². The number of nitriles is 1. The first-order chi connectivity index (χ1) is 9.60. The summed E-state index contributed by atoms with van der Waals surface area (Å²) in [6, 6.07) is 2.15. The van der Waals surface area contributed by atoms with Gasteiger partial charge >= 0.3 is 0 Å². The molecule has 0 radical (unpaired) electrons. The van der Waals surface area contributed by atoms with Gasteiger partial charge in [0.25, 0.3) is 0 Å². The maximum Gasteiger partial charge on any atom is 0.237 e. The zero-order chi connectivity index (χ0) is 14.3. The highest BCUT2D eigenvalue weighted by Gasteiger charge is 2.44. The van der Waals surface area contributed by atoms with Crippen LogP contribution in [0.2, 0.25) is 0 Å². The Balaban J connectivity index is 1.61. The van der Waals surface area contributed by atoms with E-state index in [2.05, 4.69) is 22.9 Å². The Hall–Kier alpha value is -1.84. The Bertz CT molecular complexity index is 520. The van der Waals surface area contributed by atoms with E-state index in [1.54, 1.807) is 0 Å². The van der Waals surface area contributed by atoms with Gasteiger partial charge in [-0.1, -0.05) is 6.58 Å². The van der Waals surface area contributed by atoms with E-state index in [4.69, 9.17) is 11.0 Å². The average molecular weight is 273 g/mol. The molecule has 3 aliphatic heterocycles. The summed E-state index contributed by atoms with van der Waals surface area (Å²) in [7, 11) is 0. The predicted octanol–water partition coefficient (Wildman–Crippen LogP) is -0.487. The molecule has 1 amide bonds. The number of rotatable bonds is 4. The van der Waals surface area contributed by atoms with Crippen LogP contribution in [0.1, 0.15) is 12.8 Å². The van der Waals surface area contributed by atoms with E-state index in [1.807, 2.05) is 11.0 Å². The van der Waals surface area contributed by atoms with Gasteiger partial charge in [-0.25, -0.2) is 0 Å². The number of piperazine rings is 1. The topological polar surface area (TPSA) is 85.4 Å². The van der Waals surface area contributed by atoms with Crippen LogP contribution in [0, 0.1) is 11.3 Å². The molecule has 6 heteroatoms. The van der Waals surface area contributed by atoms with Crippen LogP contribution in [0.15, 0.2) is 24.0 Å². The van der Waals surface area contributed by atoms with Gasteiger partial charge in [-0.05, 0) is 18.9 Å². The Kier molecular flexibility index (Phi) is 3.24. The monoisotopic (exact) mass is 273 g/mol. The van der Waals surface area contributed by atoms with E-state index in [0.717, 1.165) is 31.6 Å². The third kappa shape index (κ3) is 2.09. The van der Waals surface area contributed by atoms with Crippen molar-refractivity contribution in [3.63, 3.8) is 0 Å². The van der Waals surface area contributed by atoms with Gasteiger partial charge in [0.2, 0.25) is 5.91 Å². The standard InChI is InChI=1S/C14H19N5O/c1-9(19-4-2-3-11(19)6-15)12(16)8-18-7-10-5-13(18)14(20)17-10/h3,10,12-13H,1-2,4-5,7-8,16H2,(H,17,20)/t10?,12-,13-/m0/s1. The smallest absolute Gasteiger partial charge is 0.237 e. The lowest BCUT2D eigenvalue weighted by Gasteiger charge is -2.32. The second kappa shape index (κ2) is 4.93. The summed E-state index contributed by atoms with van der Waals surface area (Å²) in [5.41, 5.74) is 7.61. The van der Waals surface area contributed by atoms with E-state index in [-0.39, 0.29) is 24.0 Å². The number of hydrogen-bond donors (Lipinski definition) is 2. The summed E-state index contributed by atoms with van der Waals surface area (Å²) in [4.78, 5) is 15.7. The molecule has 2 saturated heterocycles. The van der Waals surface area contributed by atoms with Crippen molar-refractivity contribution >= 4 is 5.91 Å². The summed E-state index contributed by atoms with van der Waals surface area (Å²) >= 11 is 0. The highest BCUT2D eigenvalue weighted by atomic mass is 16.2. The van der Waals surface area contributed by atoms with E-state index < -0.39 is 0 Å². The van der Waals surface area contributed by atoms with E-state index in [0.29, 0.717) is 12.2 Å². The van der Waals surface area contributed by atoms with Crippen molar-refractivity contribution in [2.75, 3.05) is 19.6 Å². The fraction of sp³-hybridized carbons (Fsp3) is 0.571. The van der Waals surface area contributed by atoms with Crippen molar-refractivity contribution in [1.82, 2.24) is 15.1 Å². The van der Waals surface area contributed by atoms with Gasteiger partial charge in [-0.15, -0.1) is 0 Å². The van der Waals surface area contributed by atoms with Crippen LogP contribution < -0.4 is 11.1 Å².